The number of aliphatic hydroxyl groups is 1. The van der Waals surface area contributed by atoms with Gasteiger partial charge in [-0.25, -0.2) is 23.5 Å². The highest BCUT2D eigenvalue weighted by Gasteiger charge is 2.25. The molecule has 4 N–H and O–H groups in total. The molecule has 160 valence electrons. The third kappa shape index (κ3) is 5.35. The fourth-order valence-corrected chi connectivity index (χ4v) is 4.73. The Hall–Kier alpha value is -1.95. The van der Waals surface area contributed by atoms with E-state index >= 15 is 0 Å². The van der Waals surface area contributed by atoms with Crippen molar-refractivity contribution in [3.05, 3.63) is 34.3 Å². The van der Waals surface area contributed by atoms with Crippen molar-refractivity contribution in [3.8, 4) is 0 Å². The first-order valence-electron chi connectivity index (χ1n) is 8.96. The molecule has 0 fully saturated rings. The minimum Gasteiger partial charge on any atom is -0.384 e. The van der Waals surface area contributed by atoms with Crippen molar-refractivity contribution in [2.24, 2.45) is 9.50 Å². The van der Waals surface area contributed by atoms with Gasteiger partial charge in [-0.05, 0) is 25.7 Å². The number of amides is 2. The summed E-state index contributed by atoms with van der Waals surface area (Å²) >= 11 is 0.933. The van der Waals surface area contributed by atoms with Crippen LogP contribution in [0.5, 0.6) is 0 Å². The number of halogens is 1. The minimum absolute atomic E-state index is 0.0877. The van der Waals surface area contributed by atoms with Gasteiger partial charge in [0.15, 0.2) is 9.92 Å². The fraction of sp³-hybridized carbons (Fsp3) is 0.500. The number of rotatable bonds is 5. The van der Waals surface area contributed by atoms with E-state index in [-0.39, 0.29) is 33.1 Å². The Morgan fingerprint density at radius 1 is 1.34 bits per heavy atom. The molecule has 0 aliphatic rings. The lowest BCUT2D eigenvalue weighted by atomic mass is 9.96. The molecule has 2 heterocycles. The van der Waals surface area contributed by atoms with E-state index in [0.717, 1.165) is 17.5 Å². The minimum atomic E-state index is -3.65. The van der Waals surface area contributed by atoms with Crippen molar-refractivity contribution in [2.45, 2.75) is 63.3 Å². The molecule has 0 aliphatic heterocycles. The number of nitrogens with one attached hydrogen (secondary N) is 1. The summed E-state index contributed by atoms with van der Waals surface area (Å²) in [4.78, 5) is 20.6. The van der Waals surface area contributed by atoms with Crippen LogP contribution in [0, 0.1) is 5.82 Å². The van der Waals surface area contributed by atoms with Crippen LogP contribution in [0.15, 0.2) is 20.3 Å². The van der Waals surface area contributed by atoms with Crippen LogP contribution in [0.3, 0.4) is 0 Å². The average molecular weight is 444 g/mol. The van der Waals surface area contributed by atoms with Gasteiger partial charge in [-0.2, -0.15) is 0 Å². The molecule has 0 bridgehead atoms. The summed E-state index contributed by atoms with van der Waals surface area (Å²) in [7, 11) is -3.65. The summed E-state index contributed by atoms with van der Waals surface area (Å²) in [6, 6.07) is -0.992. The number of hydrogen-bond donors (Lipinski definition) is 3. The Labute approximate surface area is 174 Å². The van der Waals surface area contributed by atoms with Crippen molar-refractivity contribution in [3.63, 3.8) is 0 Å². The van der Waals surface area contributed by atoms with Crippen LogP contribution in [0.25, 0.3) is 0 Å². The third-order valence-corrected chi connectivity index (χ3v) is 6.70. The van der Waals surface area contributed by atoms with Crippen LogP contribution in [-0.4, -0.2) is 25.3 Å². The zero-order valence-corrected chi connectivity index (χ0v) is 18.8. The molecule has 8 nitrogen and oxygen atoms in total. The van der Waals surface area contributed by atoms with Crippen LogP contribution >= 0.6 is 11.3 Å². The first kappa shape index (κ1) is 23.3. The molecule has 0 aliphatic carbocycles. The molecule has 2 aromatic heterocycles. The summed E-state index contributed by atoms with van der Waals surface area (Å²) in [5, 5.41) is 19.8. The predicted molar refractivity (Wildman–Crippen MR) is 112 cm³/mol. The van der Waals surface area contributed by atoms with Crippen LogP contribution in [-0.2, 0) is 15.5 Å². The quantitative estimate of drug-likeness (QED) is 0.641. The lowest BCUT2D eigenvalue weighted by Crippen LogP contribution is -2.21. The van der Waals surface area contributed by atoms with E-state index in [4.69, 9.17) is 5.14 Å². The SMILES string of the molecule is CC(C)c1ncc(F)c(C(C)C)c1NC(=O)N=[S@@](N)(=O)c1nc(C(C)(C)O)cs1. The van der Waals surface area contributed by atoms with Gasteiger partial charge in [0.2, 0.25) is 4.34 Å². The van der Waals surface area contributed by atoms with Crippen molar-refractivity contribution in [2.75, 3.05) is 5.32 Å². The highest BCUT2D eigenvalue weighted by molar-refractivity contribution is 7.93. The second-order valence-corrected chi connectivity index (χ2v) is 10.6. The lowest BCUT2D eigenvalue weighted by Gasteiger charge is -2.19. The maximum Gasteiger partial charge on any atom is 0.355 e. The molecule has 0 spiro atoms. The number of anilines is 1. The molecule has 29 heavy (non-hydrogen) atoms. The molecular weight excluding hydrogens is 417 g/mol. The van der Waals surface area contributed by atoms with Gasteiger partial charge in [-0.15, -0.1) is 15.7 Å². The molecule has 2 aromatic rings. The molecular formula is C18H26FN5O3S2. The Bertz CT molecular complexity index is 1030. The van der Waals surface area contributed by atoms with Gasteiger partial charge < -0.3 is 10.4 Å². The molecule has 0 aromatic carbocycles. The number of hydrogen-bond acceptors (Lipinski definition) is 6. The third-order valence-electron chi connectivity index (χ3n) is 4.03. The summed E-state index contributed by atoms with van der Waals surface area (Å²) in [6.07, 6.45) is 1.12. The number of carbonyl (C=O) groups excluding carboxylic acids is 1. The first-order chi connectivity index (χ1) is 13.2. The molecule has 2 rings (SSSR count). The zero-order valence-electron chi connectivity index (χ0n) is 17.2. The van der Waals surface area contributed by atoms with Gasteiger partial charge in [0.05, 0.1) is 23.3 Å². The van der Waals surface area contributed by atoms with Gasteiger partial charge in [-0.1, -0.05) is 27.7 Å². The highest BCUT2D eigenvalue weighted by Crippen LogP contribution is 2.33. The summed E-state index contributed by atoms with van der Waals surface area (Å²) in [6.45, 7) is 10.3. The zero-order chi connectivity index (χ0) is 22.1. The van der Waals surface area contributed by atoms with E-state index in [1.165, 1.54) is 19.2 Å². The monoisotopic (exact) mass is 443 g/mol. The summed E-state index contributed by atoms with van der Waals surface area (Å²) in [5.74, 6) is -0.886. The summed E-state index contributed by atoms with van der Waals surface area (Å²) < 4.78 is 30.6. The molecule has 2 amide bonds. The van der Waals surface area contributed by atoms with Crippen LogP contribution in [0.4, 0.5) is 14.9 Å². The Morgan fingerprint density at radius 2 is 1.97 bits per heavy atom. The number of aromatic nitrogens is 2. The number of carbonyl (C=O) groups is 1. The van der Waals surface area contributed by atoms with Crippen LogP contribution in [0.1, 0.15) is 70.3 Å². The lowest BCUT2D eigenvalue weighted by molar-refractivity contribution is 0.0741. The Kier molecular flexibility index (Phi) is 6.78. The van der Waals surface area contributed by atoms with E-state index < -0.39 is 27.4 Å². The molecule has 0 saturated carbocycles. The number of urea groups is 1. The normalized spacial score (nSPS) is 14.2. The fourth-order valence-electron chi connectivity index (χ4n) is 2.62. The average Bonchev–Trinajstić information content (AvgIpc) is 3.04. The van der Waals surface area contributed by atoms with Crippen molar-refractivity contribution < 1.29 is 18.5 Å². The van der Waals surface area contributed by atoms with Crippen molar-refractivity contribution >= 4 is 33.0 Å². The standard InChI is InChI=1S/C18H26FN5O3S2/c1-9(2)13-11(19)7-21-14(10(3)4)15(13)23-16(25)24-29(20,27)17-22-12(8-28-17)18(5,6)26/h7-10,26H,1-6H3,(H3,20,23,24,25,27)/t29-/m1/s1. The molecule has 0 saturated heterocycles. The Balaban J connectivity index is 2.46. The highest BCUT2D eigenvalue weighted by atomic mass is 32.2. The number of pyridine rings is 1. The predicted octanol–water partition coefficient (Wildman–Crippen LogP) is 4.08. The molecule has 11 heteroatoms. The van der Waals surface area contributed by atoms with Gasteiger partial charge in [0.25, 0.3) is 0 Å². The van der Waals surface area contributed by atoms with E-state index in [1.54, 1.807) is 13.8 Å². The van der Waals surface area contributed by atoms with E-state index in [0.29, 0.717) is 5.69 Å². The first-order valence-corrected chi connectivity index (χ1v) is 11.4. The molecule has 0 radical (unpaired) electrons. The topological polar surface area (TPSA) is 131 Å². The van der Waals surface area contributed by atoms with Crippen molar-refractivity contribution in [1.82, 2.24) is 9.97 Å². The number of nitrogens with zero attached hydrogens (tertiary/aromatic N) is 3. The summed E-state index contributed by atoms with van der Waals surface area (Å²) in [5.41, 5.74) is -0.00639. The smallest absolute Gasteiger partial charge is 0.355 e. The van der Waals surface area contributed by atoms with Gasteiger partial charge >= 0.3 is 6.03 Å². The van der Waals surface area contributed by atoms with E-state index in [9.17, 15) is 18.5 Å². The van der Waals surface area contributed by atoms with E-state index in [1.807, 2.05) is 13.8 Å². The van der Waals surface area contributed by atoms with Gasteiger partial charge in [0, 0.05) is 10.9 Å². The maximum absolute atomic E-state index is 14.4. The van der Waals surface area contributed by atoms with Crippen LogP contribution < -0.4 is 10.5 Å². The van der Waals surface area contributed by atoms with Crippen molar-refractivity contribution in [1.29, 1.82) is 0 Å². The number of nitrogens with two attached hydrogens (primary N) is 1. The maximum atomic E-state index is 14.4. The largest absolute Gasteiger partial charge is 0.384 e. The second-order valence-electron chi connectivity index (χ2n) is 7.74. The van der Waals surface area contributed by atoms with Crippen LogP contribution in [0.2, 0.25) is 0 Å². The van der Waals surface area contributed by atoms with Gasteiger partial charge in [0.1, 0.15) is 11.4 Å². The van der Waals surface area contributed by atoms with Gasteiger partial charge in [-0.3, -0.25) is 4.98 Å². The second kappa shape index (κ2) is 8.42. The molecule has 1 atom stereocenters. The molecule has 0 unspecified atom stereocenters. The number of thiazole rings is 1. The Morgan fingerprint density at radius 3 is 2.45 bits per heavy atom. The van der Waals surface area contributed by atoms with E-state index in [2.05, 4.69) is 19.6 Å².